The van der Waals surface area contributed by atoms with Crippen molar-refractivity contribution in [1.82, 2.24) is 0 Å². The van der Waals surface area contributed by atoms with Gasteiger partial charge in [0.05, 0.1) is 0 Å². The highest BCUT2D eigenvalue weighted by Crippen LogP contribution is 2.19. The van der Waals surface area contributed by atoms with Crippen molar-refractivity contribution in [1.29, 1.82) is 0 Å². The van der Waals surface area contributed by atoms with E-state index in [2.05, 4.69) is 0 Å². The molecule has 0 aromatic carbocycles. The number of rotatable bonds is 10. The van der Waals surface area contributed by atoms with Gasteiger partial charge in [0.25, 0.3) is 0 Å². The van der Waals surface area contributed by atoms with Gasteiger partial charge in [-0.1, -0.05) is 39.5 Å². The summed E-state index contributed by atoms with van der Waals surface area (Å²) in [6.07, 6.45) is 6.03. The van der Waals surface area contributed by atoms with E-state index in [-0.39, 0.29) is 11.1 Å². The van der Waals surface area contributed by atoms with Crippen LogP contribution in [0.1, 0.15) is 65.2 Å². The Morgan fingerprint density at radius 1 is 0.722 bits per heavy atom. The summed E-state index contributed by atoms with van der Waals surface area (Å²) in [5.74, 6) is -2.17. The summed E-state index contributed by atoms with van der Waals surface area (Å²) in [4.78, 5) is 22.3. The molecule has 4 heteroatoms. The third kappa shape index (κ3) is 6.42. The van der Waals surface area contributed by atoms with Crippen molar-refractivity contribution in [3.05, 3.63) is 11.1 Å². The summed E-state index contributed by atoms with van der Waals surface area (Å²) in [6, 6.07) is 0. The van der Waals surface area contributed by atoms with E-state index in [9.17, 15) is 9.59 Å². The van der Waals surface area contributed by atoms with Crippen LogP contribution in [0.15, 0.2) is 11.1 Å². The summed E-state index contributed by atoms with van der Waals surface area (Å²) in [5, 5.41) is 18.3. The fourth-order valence-electron chi connectivity index (χ4n) is 1.88. The van der Waals surface area contributed by atoms with E-state index >= 15 is 0 Å². The zero-order chi connectivity index (χ0) is 14.0. The van der Waals surface area contributed by atoms with Gasteiger partial charge in [-0.25, -0.2) is 9.59 Å². The van der Waals surface area contributed by atoms with E-state index in [0.717, 1.165) is 38.5 Å². The van der Waals surface area contributed by atoms with E-state index in [0.29, 0.717) is 12.8 Å². The largest absolute Gasteiger partial charge is 0.478 e. The fraction of sp³-hybridized carbons (Fsp3) is 0.714. The van der Waals surface area contributed by atoms with Crippen molar-refractivity contribution >= 4 is 11.9 Å². The molecule has 0 unspecified atom stereocenters. The van der Waals surface area contributed by atoms with Crippen LogP contribution in [0.2, 0.25) is 0 Å². The molecule has 0 heterocycles. The normalized spacial score (nSPS) is 12.1. The predicted octanol–water partition coefficient (Wildman–Crippen LogP) is 3.61. The molecular formula is C14H24O4. The number of carboxylic acids is 2. The lowest BCUT2D eigenvalue weighted by molar-refractivity contribution is -0.136. The minimum atomic E-state index is -1.08. The molecule has 2 N–H and O–H groups in total. The molecule has 0 aromatic rings. The first kappa shape index (κ1) is 16.7. The standard InChI is InChI=1S/C14H24O4/c1-3-5-7-9-11(13(15)16)12(14(17)18)10-8-6-4-2/h3-10H2,1-2H3,(H,15,16)(H,17,18)/b12-11-. The van der Waals surface area contributed by atoms with E-state index in [1.807, 2.05) is 13.8 Å². The lowest BCUT2D eigenvalue weighted by Crippen LogP contribution is -2.12. The van der Waals surface area contributed by atoms with Crippen molar-refractivity contribution < 1.29 is 19.8 Å². The van der Waals surface area contributed by atoms with Gasteiger partial charge in [0.2, 0.25) is 0 Å². The molecule has 0 aliphatic rings. The van der Waals surface area contributed by atoms with Crippen LogP contribution < -0.4 is 0 Å². The molecule has 0 aliphatic heterocycles. The monoisotopic (exact) mass is 256 g/mol. The van der Waals surface area contributed by atoms with Crippen LogP contribution in [0.3, 0.4) is 0 Å². The number of aliphatic carboxylic acids is 2. The molecule has 0 amide bonds. The SMILES string of the molecule is CCCCC/C(C(=O)O)=C(\CCCCC)C(=O)O. The molecule has 0 aliphatic carbocycles. The van der Waals surface area contributed by atoms with Crippen molar-refractivity contribution in [2.45, 2.75) is 65.2 Å². The highest BCUT2D eigenvalue weighted by Gasteiger charge is 2.19. The molecule has 0 fully saturated rings. The Morgan fingerprint density at radius 2 is 1.06 bits per heavy atom. The van der Waals surface area contributed by atoms with Gasteiger partial charge in [-0.05, 0) is 25.7 Å². The van der Waals surface area contributed by atoms with Crippen molar-refractivity contribution in [2.24, 2.45) is 0 Å². The Labute approximate surface area is 109 Å². The van der Waals surface area contributed by atoms with Crippen LogP contribution in [0, 0.1) is 0 Å². The maximum absolute atomic E-state index is 11.2. The van der Waals surface area contributed by atoms with Crippen LogP contribution in [0.4, 0.5) is 0 Å². The number of unbranched alkanes of at least 4 members (excludes halogenated alkanes) is 4. The molecule has 18 heavy (non-hydrogen) atoms. The van der Waals surface area contributed by atoms with E-state index in [1.165, 1.54) is 0 Å². The van der Waals surface area contributed by atoms with Gasteiger partial charge in [-0.2, -0.15) is 0 Å². The molecule has 4 nitrogen and oxygen atoms in total. The molecule has 0 saturated heterocycles. The number of hydrogen-bond acceptors (Lipinski definition) is 2. The van der Waals surface area contributed by atoms with Crippen LogP contribution in [-0.2, 0) is 9.59 Å². The molecule has 0 aromatic heterocycles. The third-order valence-corrected chi connectivity index (χ3v) is 2.94. The van der Waals surface area contributed by atoms with Gasteiger partial charge in [-0.15, -0.1) is 0 Å². The average Bonchev–Trinajstić information content (AvgIpc) is 2.31. The van der Waals surface area contributed by atoms with Crippen molar-refractivity contribution in [2.75, 3.05) is 0 Å². The molecule has 0 rings (SSSR count). The maximum atomic E-state index is 11.2. The second-order valence-electron chi connectivity index (χ2n) is 4.48. The Balaban J connectivity index is 4.80. The summed E-state index contributed by atoms with van der Waals surface area (Å²) in [5.41, 5.74) is 0.180. The first-order valence-corrected chi connectivity index (χ1v) is 6.73. The zero-order valence-corrected chi connectivity index (χ0v) is 11.4. The smallest absolute Gasteiger partial charge is 0.332 e. The molecule has 104 valence electrons. The molecule has 0 spiro atoms. The summed E-state index contributed by atoms with van der Waals surface area (Å²) < 4.78 is 0. The molecule has 0 bridgehead atoms. The Hall–Kier alpha value is -1.32. The Morgan fingerprint density at radius 3 is 1.28 bits per heavy atom. The van der Waals surface area contributed by atoms with Crippen molar-refractivity contribution in [3.8, 4) is 0 Å². The van der Waals surface area contributed by atoms with Gasteiger partial charge in [-0.3, -0.25) is 0 Å². The highest BCUT2D eigenvalue weighted by molar-refractivity contribution is 5.98. The predicted molar refractivity (Wildman–Crippen MR) is 70.6 cm³/mol. The minimum Gasteiger partial charge on any atom is -0.478 e. The van der Waals surface area contributed by atoms with Gasteiger partial charge >= 0.3 is 11.9 Å². The first-order chi connectivity index (χ1) is 8.54. The number of carboxylic acid groups (broad SMARTS) is 2. The maximum Gasteiger partial charge on any atom is 0.332 e. The second-order valence-corrected chi connectivity index (χ2v) is 4.48. The second kappa shape index (κ2) is 9.68. The average molecular weight is 256 g/mol. The van der Waals surface area contributed by atoms with Crippen LogP contribution in [0.25, 0.3) is 0 Å². The summed E-state index contributed by atoms with van der Waals surface area (Å²) in [6.45, 7) is 4.06. The lowest BCUT2D eigenvalue weighted by atomic mass is 9.97. The Bertz CT molecular complexity index is 275. The van der Waals surface area contributed by atoms with Gasteiger partial charge in [0, 0.05) is 11.1 Å². The van der Waals surface area contributed by atoms with Gasteiger partial charge in [0.15, 0.2) is 0 Å². The van der Waals surface area contributed by atoms with Crippen LogP contribution in [-0.4, -0.2) is 22.2 Å². The van der Waals surface area contributed by atoms with Crippen LogP contribution in [0.5, 0.6) is 0 Å². The fourth-order valence-corrected chi connectivity index (χ4v) is 1.88. The minimum absolute atomic E-state index is 0.0899. The molecule has 0 saturated carbocycles. The van der Waals surface area contributed by atoms with Crippen LogP contribution >= 0.6 is 0 Å². The van der Waals surface area contributed by atoms with E-state index in [1.54, 1.807) is 0 Å². The topological polar surface area (TPSA) is 74.6 Å². The van der Waals surface area contributed by atoms with Gasteiger partial charge in [0.1, 0.15) is 0 Å². The zero-order valence-electron chi connectivity index (χ0n) is 11.4. The highest BCUT2D eigenvalue weighted by atomic mass is 16.4. The van der Waals surface area contributed by atoms with Crippen molar-refractivity contribution in [3.63, 3.8) is 0 Å². The first-order valence-electron chi connectivity index (χ1n) is 6.73. The Kier molecular flexibility index (Phi) is 8.97. The van der Waals surface area contributed by atoms with Gasteiger partial charge < -0.3 is 10.2 Å². The number of hydrogen-bond donors (Lipinski definition) is 2. The molecule has 0 atom stereocenters. The third-order valence-electron chi connectivity index (χ3n) is 2.94. The summed E-state index contributed by atoms with van der Waals surface area (Å²) >= 11 is 0. The lowest BCUT2D eigenvalue weighted by Gasteiger charge is -2.08. The summed E-state index contributed by atoms with van der Waals surface area (Å²) in [7, 11) is 0. The molecule has 0 radical (unpaired) electrons. The number of carbonyl (C=O) groups is 2. The molecular weight excluding hydrogens is 232 g/mol. The van der Waals surface area contributed by atoms with E-state index in [4.69, 9.17) is 10.2 Å². The quantitative estimate of drug-likeness (QED) is 0.462. The van der Waals surface area contributed by atoms with E-state index < -0.39 is 11.9 Å².